The zero-order valence-electron chi connectivity index (χ0n) is 12.5. The summed E-state index contributed by atoms with van der Waals surface area (Å²) in [7, 11) is 0. The normalized spacial score (nSPS) is 10.5. The number of amides is 1. The van der Waals surface area contributed by atoms with Gasteiger partial charge in [-0.05, 0) is 29.6 Å². The zero-order chi connectivity index (χ0) is 16.1. The summed E-state index contributed by atoms with van der Waals surface area (Å²) in [5.41, 5.74) is 1.87. The molecule has 0 N–H and O–H groups in total. The van der Waals surface area contributed by atoms with Crippen molar-refractivity contribution < 1.29 is 4.79 Å². The minimum atomic E-state index is 0.0407. The van der Waals surface area contributed by atoms with Crippen LogP contribution >= 0.6 is 27.5 Å². The van der Waals surface area contributed by atoms with Gasteiger partial charge in [0.05, 0.1) is 12.2 Å². The number of hydrogen-bond donors (Lipinski definition) is 0. The van der Waals surface area contributed by atoms with E-state index in [0.29, 0.717) is 12.3 Å². The Balaban J connectivity index is 2.25. The number of carbonyl (C=O) groups is 1. The van der Waals surface area contributed by atoms with Crippen LogP contribution in [-0.4, -0.2) is 16.8 Å². The van der Waals surface area contributed by atoms with Crippen molar-refractivity contribution in [3.63, 3.8) is 0 Å². The molecule has 1 heterocycles. The molecule has 0 bridgehead atoms. The molecule has 0 aliphatic heterocycles. The Labute approximate surface area is 143 Å². The molecule has 0 radical (unpaired) electrons. The average molecular weight is 377 g/mol. The van der Waals surface area contributed by atoms with Gasteiger partial charge < -0.3 is 0 Å². The quantitative estimate of drug-likeness (QED) is 0.715. The topological polar surface area (TPSA) is 33.2 Å². The summed E-state index contributed by atoms with van der Waals surface area (Å²) in [6.07, 6.45) is 5.88. The van der Waals surface area contributed by atoms with Crippen LogP contribution in [0.15, 0.2) is 34.8 Å². The van der Waals surface area contributed by atoms with Gasteiger partial charge in [0.1, 0.15) is 5.00 Å². The molecule has 0 fully saturated rings. The highest BCUT2D eigenvalue weighted by Crippen LogP contribution is 2.29. The van der Waals surface area contributed by atoms with Gasteiger partial charge in [-0.25, -0.2) is 0 Å². The molecule has 0 unspecified atom stereocenters. The van der Waals surface area contributed by atoms with E-state index in [1.165, 1.54) is 11.5 Å². The summed E-state index contributed by atoms with van der Waals surface area (Å²) in [5.74, 6) is 2.89. The van der Waals surface area contributed by atoms with Crippen molar-refractivity contribution in [1.82, 2.24) is 4.37 Å². The molecule has 0 saturated carbocycles. The largest absolute Gasteiger partial charge is 0.291 e. The number of halogens is 1. The van der Waals surface area contributed by atoms with Gasteiger partial charge >= 0.3 is 0 Å². The molecular formula is C17H17BrN2OS. The average Bonchev–Trinajstić information content (AvgIpc) is 2.94. The fourth-order valence-corrected chi connectivity index (χ4v) is 3.03. The van der Waals surface area contributed by atoms with Crippen LogP contribution in [0.1, 0.15) is 20.3 Å². The monoisotopic (exact) mass is 376 g/mol. The van der Waals surface area contributed by atoms with Gasteiger partial charge in [0.25, 0.3) is 0 Å². The number of nitrogens with zero attached hydrogens (tertiary/aromatic N) is 2. The van der Waals surface area contributed by atoms with Gasteiger partial charge in [-0.3, -0.25) is 9.69 Å². The standard InChI is InChI=1S/C17H17BrN2OS/c1-4-9-20(16(21)10-12(2)3)17-11-15(19-22-17)13-5-7-14(18)8-6-13/h1,5-8,11-12H,9-10H2,2-3H3. The van der Waals surface area contributed by atoms with Crippen LogP contribution in [0.25, 0.3) is 11.3 Å². The smallest absolute Gasteiger partial charge is 0.228 e. The second-order valence-corrected chi connectivity index (χ2v) is 7.04. The van der Waals surface area contributed by atoms with E-state index in [9.17, 15) is 4.79 Å². The molecule has 0 spiro atoms. The van der Waals surface area contributed by atoms with Crippen molar-refractivity contribution in [2.24, 2.45) is 5.92 Å². The van der Waals surface area contributed by atoms with Crippen LogP contribution in [-0.2, 0) is 4.79 Å². The van der Waals surface area contributed by atoms with Crippen LogP contribution in [0.2, 0.25) is 0 Å². The molecule has 0 aliphatic carbocycles. The van der Waals surface area contributed by atoms with Gasteiger partial charge in [-0.1, -0.05) is 47.8 Å². The lowest BCUT2D eigenvalue weighted by Crippen LogP contribution is -2.31. The number of anilines is 1. The van der Waals surface area contributed by atoms with Gasteiger partial charge in [0, 0.05) is 22.5 Å². The van der Waals surface area contributed by atoms with E-state index in [-0.39, 0.29) is 12.5 Å². The third kappa shape index (κ3) is 4.19. The van der Waals surface area contributed by atoms with Gasteiger partial charge in [-0.15, -0.1) is 6.42 Å². The van der Waals surface area contributed by atoms with E-state index in [0.717, 1.165) is 20.7 Å². The van der Waals surface area contributed by atoms with Crippen LogP contribution < -0.4 is 4.90 Å². The first-order chi connectivity index (χ1) is 10.5. The fourth-order valence-electron chi connectivity index (χ4n) is 1.99. The lowest BCUT2D eigenvalue weighted by atomic mass is 10.1. The van der Waals surface area contributed by atoms with Crippen LogP contribution in [0.5, 0.6) is 0 Å². The first kappa shape index (κ1) is 16.7. The second kappa shape index (κ2) is 7.57. The molecule has 5 heteroatoms. The molecule has 3 nitrogen and oxygen atoms in total. The molecule has 0 atom stereocenters. The third-order valence-corrected chi connectivity index (χ3v) is 4.38. The highest BCUT2D eigenvalue weighted by Gasteiger charge is 2.19. The van der Waals surface area contributed by atoms with Crippen molar-refractivity contribution in [1.29, 1.82) is 0 Å². The minimum Gasteiger partial charge on any atom is -0.291 e. The van der Waals surface area contributed by atoms with Gasteiger partial charge in [-0.2, -0.15) is 4.37 Å². The number of aromatic nitrogens is 1. The van der Waals surface area contributed by atoms with E-state index >= 15 is 0 Å². The fraction of sp³-hybridized carbons (Fsp3) is 0.294. The minimum absolute atomic E-state index is 0.0407. The highest BCUT2D eigenvalue weighted by atomic mass is 79.9. The second-order valence-electron chi connectivity index (χ2n) is 5.34. The number of rotatable bonds is 5. The maximum Gasteiger partial charge on any atom is 0.228 e. The van der Waals surface area contributed by atoms with E-state index in [2.05, 4.69) is 26.2 Å². The Morgan fingerprint density at radius 2 is 2.09 bits per heavy atom. The van der Waals surface area contributed by atoms with E-state index < -0.39 is 0 Å². The summed E-state index contributed by atoms with van der Waals surface area (Å²) < 4.78 is 5.47. The highest BCUT2D eigenvalue weighted by molar-refractivity contribution is 9.10. The maximum absolute atomic E-state index is 12.3. The maximum atomic E-state index is 12.3. The molecule has 2 rings (SSSR count). The molecule has 0 saturated heterocycles. The Morgan fingerprint density at radius 1 is 1.41 bits per heavy atom. The third-order valence-electron chi connectivity index (χ3n) is 3.04. The Bertz CT molecular complexity index is 685. The van der Waals surface area contributed by atoms with Crippen LogP contribution in [0.3, 0.4) is 0 Å². The van der Waals surface area contributed by atoms with Crippen LogP contribution in [0.4, 0.5) is 5.00 Å². The molecular weight excluding hydrogens is 360 g/mol. The van der Waals surface area contributed by atoms with Crippen molar-refractivity contribution in [3.05, 3.63) is 34.8 Å². The van der Waals surface area contributed by atoms with E-state index in [4.69, 9.17) is 6.42 Å². The van der Waals surface area contributed by atoms with Crippen LogP contribution in [0, 0.1) is 18.3 Å². The molecule has 1 aromatic heterocycles. The number of carbonyl (C=O) groups excluding carboxylic acids is 1. The van der Waals surface area contributed by atoms with Gasteiger partial charge in [0.2, 0.25) is 5.91 Å². The van der Waals surface area contributed by atoms with E-state index in [1.807, 2.05) is 44.2 Å². The predicted molar refractivity (Wildman–Crippen MR) is 95.9 cm³/mol. The molecule has 2 aromatic rings. The molecule has 1 amide bonds. The number of benzene rings is 1. The lowest BCUT2D eigenvalue weighted by Gasteiger charge is -2.18. The first-order valence-electron chi connectivity index (χ1n) is 6.97. The molecule has 1 aromatic carbocycles. The number of terminal acetylenes is 1. The Hall–Kier alpha value is -1.64. The zero-order valence-corrected chi connectivity index (χ0v) is 14.9. The molecule has 114 valence electrons. The van der Waals surface area contributed by atoms with Crippen molar-refractivity contribution >= 4 is 38.4 Å². The summed E-state index contributed by atoms with van der Waals surface area (Å²) in [5, 5.41) is 0.793. The predicted octanol–water partition coefficient (Wildman–Crippen LogP) is 4.58. The van der Waals surface area contributed by atoms with Gasteiger partial charge in [0.15, 0.2) is 0 Å². The summed E-state index contributed by atoms with van der Waals surface area (Å²) in [4.78, 5) is 14.0. The van der Waals surface area contributed by atoms with Crippen molar-refractivity contribution in [2.75, 3.05) is 11.4 Å². The first-order valence-corrected chi connectivity index (χ1v) is 8.54. The number of hydrogen-bond acceptors (Lipinski definition) is 3. The summed E-state index contributed by atoms with van der Waals surface area (Å²) in [6.45, 7) is 4.31. The molecule has 0 aliphatic rings. The lowest BCUT2D eigenvalue weighted by molar-refractivity contribution is -0.119. The SMILES string of the molecule is C#CCN(C(=O)CC(C)C)c1cc(-c2ccc(Br)cc2)ns1. The van der Waals surface area contributed by atoms with Crippen molar-refractivity contribution in [2.45, 2.75) is 20.3 Å². The van der Waals surface area contributed by atoms with E-state index in [1.54, 1.807) is 4.90 Å². The Morgan fingerprint density at radius 3 is 2.68 bits per heavy atom. The summed E-state index contributed by atoms with van der Waals surface area (Å²) >= 11 is 4.72. The van der Waals surface area contributed by atoms with Crippen molar-refractivity contribution in [3.8, 4) is 23.6 Å². The summed E-state index contributed by atoms with van der Waals surface area (Å²) in [6, 6.07) is 9.84. The molecule has 22 heavy (non-hydrogen) atoms. The Kier molecular flexibility index (Phi) is 5.76.